The van der Waals surface area contributed by atoms with Gasteiger partial charge in [0.1, 0.15) is 17.2 Å². The number of halogens is 1. The molecule has 9 heteroatoms. The minimum Gasteiger partial charge on any atom is -0.334 e. The van der Waals surface area contributed by atoms with Crippen molar-refractivity contribution in [2.24, 2.45) is 7.05 Å². The van der Waals surface area contributed by atoms with Crippen LogP contribution in [0.25, 0.3) is 22.5 Å². The van der Waals surface area contributed by atoms with Crippen molar-refractivity contribution >= 4 is 22.8 Å². The summed E-state index contributed by atoms with van der Waals surface area (Å²) in [5.41, 5.74) is 1.45. The van der Waals surface area contributed by atoms with Crippen LogP contribution in [-0.2, 0) is 12.8 Å². The first kappa shape index (κ1) is 14.8. The van der Waals surface area contributed by atoms with Crippen molar-refractivity contribution in [3.05, 3.63) is 48.4 Å². The fourth-order valence-corrected chi connectivity index (χ4v) is 3.02. The molecule has 24 heavy (non-hydrogen) atoms. The van der Waals surface area contributed by atoms with E-state index in [9.17, 15) is 4.39 Å². The molecule has 1 aromatic carbocycles. The maximum Gasteiger partial charge on any atom is 0.257 e. The molecule has 0 amide bonds. The Bertz CT molecular complexity index is 997. The fourth-order valence-electron chi connectivity index (χ4n) is 2.21. The minimum absolute atomic E-state index is 0.307. The maximum absolute atomic E-state index is 13.0. The smallest absolute Gasteiger partial charge is 0.257 e. The minimum atomic E-state index is -0.307. The Morgan fingerprint density at radius 3 is 2.88 bits per heavy atom. The molecule has 4 rings (SSSR count). The van der Waals surface area contributed by atoms with E-state index in [1.54, 1.807) is 23.0 Å². The second-order valence-electron chi connectivity index (χ2n) is 5.00. The Labute approximate surface area is 139 Å². The third kappa shape index (κ3) is 2.73. The molecule has 120 valence electrons. The number of nitrogens with zero attached hydrogens (tertiary/aromatic N) is 6. The molecule has 0 unspecified atom stereocenters. The zero-order valence-electron chi connectivity index (χ0n) is 12.5. The van der Waals surface area contributed by atoms with Gasteiger partial charge in [0.15, 0.2) is 11.5 Å². The van der Waals surface area contributed by atoms with Crippen LogP contribution in [-0.4, -0.2) is 29.9 Å². The predicted octanol–water partition coefficient (Wildman–Crippen LogP) is 2.84. The Hall–Kier alpha value is -2.81. The summed E-state index contributed by atoms with van der Waals surface area (Å²) in [6.07, 6.45) is 3.24. The summed E-state index contributed by atoms with van der Waals surface area (Å²) in [5, 5.41) is 9.82. The summed E-state index contributed by atoms with van der Waals surface area (Å²) in [4.78, 5) is 12.8. The molecule has 0 aliphatic heterocycles. The molecular formula is C15H11FN6OS. The van der Waals surface area contributed by atoms with E-state index in [2.05, 4.69) is 25.2 Å². The standard InChI is InChI=1S/C15H11FN6OS/c1-22-13-11(6-19-22)15(18-8-17-13)24-7-12-20-14(23-21-12)9-2-4-10(16)5-3-9/h2-6,8H,7H2,1H3. The van der Waals surface area contributed by atoms with Gasteiger partial charge in [-0.05, 0) is 24.3 Å². The molecule has 0 atom stereocenters. The van der Waals surface area contributed by atoms with Crippen LogP contribution in [0.3, 0.4) is 0 Å². The SMILES string of the molecule is Cn1ncc2c(SCc3noc(-c4ccc(F)cc4)n3)ncnc21. The third-order valence-electron chi connectivity index (χ3n) is 3.39. The van der Waals surface area contributed by atoms with Gasteiger partial charge >= 0.3 is 0 Å². The summed E-state index contributed by atoms with van der Waals surface area (Å²) in [6, 6.07) is 5.91. The van der Waals surface area contributed by atoms with Gasteiger partial charge in [0.05, 0.1) is 17.3 Å². The van der Waals surface area contributed by atoms with Gasteiger partial charge in [-0.1, -0.05) is 16.9 Å². The van der Waals surface area contributed by atoms with Gasteiger partial charge in [-0.25, -0.2) is 14.4 Å². The number of rotatable bonds is 4. The Kier molecular flexibility index (Phi) is 3.69. The van der Waals surface area contributed by atoms with Crippen molar-refractivity contribution in [3.8, 4) is 11.5 Å². The zero-order chi connectivity index (χ0) is 16.5. The average molecular weight is 342 g/mol. The van der Waals surface area contributed by atoms with E-state index in [0.717, 1.165) is 16.1 Å². The molecule has 0 N–H and O–H groups in total. The van der Waals surface area contributed by atoms with Crippen molar-refractivity contribution in [1.29, 1.82) is 0 Å². The van der Waals surface area contributed by atoms with Gasteiger partial charge in [-0.3, -0.25) is 4.68 Å². The summed E-state index contributed by atoms with van der Waals surface area (Å²) >= 11 is 1.48. The first-order valence-corrected chi connectivity index (χ1v) is 8.03. The second kappa shape index (κ2) is 6.00. The molecule has 7 nitrogen and oxygen atoms in total. The number of aromatic nitrogens is 6. The molecule has 0 saturated carbocycles. The molecule has 3 aromatic heterocycles. The molecular weight excluding hydrogens is 331 g/mol. The monoisotopic (exact) mass is 342 g/mol. The zero-order valence-corrected chi connectivity index (χ0v) is 13.4. The van der Waals surface area contributed by atoms with Crippen LogP contribution >= 0.6 is 11.8 Å². The van der Waals surface area contributed by atoms with Crippen LogP contribution in [0.5, 0.6) is 0 Å². The van der Waals surface area contributed by atoms with Crippen LogP contribution in [0.15, 0.2) is 46.3 Å². The number of thioether (sulfide) groups is 1. The quantitative estimate of drug-likeness (QED) is 0.416. The van der Waals surface area contributed by atoms with Gasteiger partial charge in [-0.15, -0.1) is 0 Å². The van der Waals surface area contributed by atoms with Gasteiger partial charge < -0.3 is 4.52 Å². The topological polar surface area (TPSA) is 82.5 Å². The summed E-state index contributed by atoms with van der Waals surface area (Å²) in [7, 11) is 1.83. The van der Waals surface area contributed by atoms with Crippen molar-refractivity contribution in [1.82, 2.24) is 29.9 Å². The lowest BCUT2D eigenvalue weighted by Gasteiger charge is -1.99. The van der Waals surface area contributed by atoms with Gasteiger partial charge in [-0.2, -0.15) is 10.1 Å². The highest BCUT2D eigenvalue weighted by molar-refractivity contribution is 7.98. The number of hydrogen-bond acceptors (Lipinski definition) is 7. The Morgan fingerprint density at radius 2 is 2.04 bits per heavy atom. The van der Waals surface area contributed by atoms with E-state index in [4.69, 9.17) is 4.52 Å². The number of benzene rings is 1. The highest BCUT2D eigenvalue weighted by Crippen LogP contribution is 2.27. The molecule has 0 saturated heterocycles. The molecule has 0 spiro atoms. The van der Waals surface area contributed by atoms with Crippen LogP contribution in [0.1, 0.15) is 5.82 Å². The van der Waals surface area contributed by atoms with Gasteiger partial charge in [0.2, 0.25) is 0 Å². The van der Waals surface area contributed by atoms with E-state index in [1.807, 2.05) is 7.05 Å². The predicted molar refractivity (Wildman–Crippen MR) is 85.6 cm³/mol. The van der Waals surface area contributed by atoms with Crippen molar-refractivity contribution < 1.29 is 8.91 Å². The molecule has 0 aliphatic carbocycles. The van der Waals surface area contributed by atoms with Gasteiger partial charge in [0, 0.05) is 12.6 Å². The fraction of sp³-hybridized carbons (Fsp3) is 0.133. The van der Waals surface area contributed by atoms with Crippen molar-refractivity contribution in [3.63, 3.8) is 0 Å². The number of aryl methyl sites for hydroxylation is 1. The van der Waals surface area contributed by atoms with Crippen LogP contribution in [0, 0.1) is 5.82 Å². The van der Waals surface area contributed by atoms with E-state index >= 15 is 0 Å². The number of fused-ring (bicyclic) bond motifs is 1. The average Bonchev–Trinajstić information content (AvgIpc) is 3.21. The molecule has 0 aliphatic rings. The maximum atomic E-state index is 13.0. The highest BCUT2D eigenvalue weighted by atomic mass is 32.2. The lowest BCUT2D eigenvalue weighted by molar-refractivity contribution is 0.425. The van der Waals surface area contributed by atoms with E-state index < -0.39 is 0 Å². The largest absolute Gasteiger partial charge is 0.334 e. The van der Waals surface area contributed by atoms with Gasteiger partial charge in [0.25, 0.3) is 5.89 Å². The van der Waals surface area contributed by atoms with Crippen LogP contribution in [0.4, 0.5) is 4.39 Å². The number of hydrogen-bond donors (Lipinski definition) is 0. The van der Waals surface area contributed by atoms with E-state index in [1.165, 1.54) is 30.2 Å². The van der Waals surface area contributed by atoms with Crippen molar-refractivity contribution in [2.45, 2.75) is 10.8 Å². The lowest BCUT2D eigenvalue weighted by atomic mass is 10.2. The van der Waals surface area contributed by atoms with Crippen molar-refractivity contribution in [2.75, 3.05) is 0 Å². The van der Waals surface area contributed by atoms with E-state index in [-0.39, 0.29) is 5.82 Å². The molecule has 3 heterocycles. The first-order chi connectivity index (χ1) is 11.7. The second-order valence-corrected chi connectivity index (χ2v) is 5.96. The van der Waals surface area contributed by atoms with Crippen LogP contribution < -0.4 is 0 Å². The molecule has 0 fully saturated rings. The Morgan fingerprint density at radius 1 is 1.21 bits per heavy atom. The summed E-state index contributed by atoms with van der Waals surface area (Å²) in [5.74, 6) is 1.08. The Balaban J connectivity index is 1.53. The highest BCUT2D eigenvalue weighted by Gasteiger charge is 2.12. The summed E-state index contributed by atoms with van der Waals surface area (Å²) < 4.78 is 19.9. The first-order valence-electron chi connectivity index (χ1n) is 7.05. The third-order valence-corrected chi connectivity index (χ3v) is 4.39. The molecule has 0 bridgehead atoms. The molecule has 4 aromatic rings. The van der Waals surface area contributed by atoms with Crippen LogP contribution in [0.2, 0.25) is 0 Å². The normalized spacial score (nSPS) is 11.2. The molecule has 0 radical (unpaired) electrons. The summed E-state index contributed by atoms with van der Waals surface area (Å²) in [6.45, 7) is 0. The van der Waals surface area contributed by atoms with E-state index in [0.29, 0.717) is 23.0 Å². The lowest BCUT2D eigenvalue weighted by Crippen LogP contribution is -1.93.